The van der Waals surface area contributed by atoms with E-state index < -0.39 is 0 Å². The van der Waals surface area contributed by atoms with Crippen molar-refractivity contribution in [3.05, 3.63) is 30.3 Å². The second-order valence-corrected chi connectivity index (χ2v) is 3.81. The molecule has 1 atom stereocenters. The number of nitrogens with two attached hydrogens (primary N) is 1. The number of hydrogen-bond donors (Lipinski definition) is 2. The quantitative estimate of drug-likeness (QED) is 0.662. The van der Waals surface area contributed by atoms with E-state index in [1.54, 1.807) is 7.11 Å². The number of benzene rings is 1. The third kappa shape index (κ3) is 5.65. The summed E-state index contributed by atoms with van der Waals surface area (Å²) in [5.41, 5.74) is 5.43. The summed E-state index contributed by atoms with van der Waals surface area (Å²) < 4.78 is 10.5. The van der Waals surface area contributed by atoms with Crippen molar-refractivity contribution in [2.75, 3.05) is 26.8 Å². The Hall–Kier alpha value is -1.59. The van der Waals surface area contributed by atoms with Gasteiger partial charge in [0, 0.05) is 13.7 Å². The van der Waals surface area contributed by atoms with Crippen molar-refractivity contribution in [2.24, 2.45) is 5.73 Å². The molecule has 0 spiro atoms. The average molecular weight is 252 g/mol. The van der Waals surface area contributed by atoms with Crippen molar-refractivity contribution >= 4 is 5.91 Å². The van der Waals surface area contributed by atoms with Gasteiger partial charge >= 0.3 is 0 Å². The Balaban J connectivity index is 2.12. The Morgan fingerprint density at radius 1 is 1.39 bits per heavy atom. The van der Waals surface area contributed by atoms with E-state index in [2.05, 4.69) is 5.32 Å². The molecule has 3 N–H and O–H groups in total. The van der Waals surface area contributed by atoms with E-state index >= 15 is 0 Å². The molecule has 0 bridgehead atoms. The molecule has 5 nitrogen and oxygen atoms in total. The molecule has 0 radical (unpaired) electrons. The van der Waals surface area contributed by atoms with Gasteiger partial charge in [0.1, 0.15) is 12.4 Å². The van der Waals surface area contributed by atoms with Gasteiger partial charge in [-0.1, -0.05) is 18.2 Å². The molecule has 0 aliphatic rings. The zero-order chi connectivity index (χ0) is 13.2. The lowest BCUT2D eigenvalue weighted by molar-refractivity contribution is -0.123. The number of rotatable bonds is 8. The van der Waals surface area contributed by atoms with Crippen LogP contribution in [0.3, 0.4) is 0 Å². The Bertz CT molecular complexity index is 339. The topological polar surface area (TPSA) is 73.6 Å². The fourth-order valence-corrected chi connectivity index (χ4v) is 1.42. The Morgan fingerprint density at radius 2 is 2.11 bits per heavy atom. The minimum absolute atomic E-state index is 0.0797. The van der Waals surface area contributed by atoms with Crippen LogP contribution in [0.25, 0.3) is 0 Å². The minimum Gasteiger partial charge on any atom is -0.492 e. The van der Waals surface area contributed by atoms with Gasteiger partial charge in [-0.2, -0.15) is 0 Å². The van der Waals surface area contributed by atoms with Crippen LogP contribution >= 0.6 is 0 Å². The summed E-state index contributed by atoms with van der Waals surface area (Å²) in [5.74, 6) is 0.715. The van der Waals surface area contributed by atoms with E-state index in [1.165, 1.54) is 0 Å². The molecule has 18 heavy (non-hydrogen) atoms. The van der Waals surface area contributed by atoms with Gasteiger partial charge in [0.15, 0.2) is 0 Å². The first-order chi connectivity index (χ1) is 8.76. The van der Waals surface area contributed by atoms with Gasteiger partial charge in [0.05, 0.1) is 19.1 Å². The van der Waals surface area contributed by atoms with E-state index in [0.29, 0.717) is 19.7 Å². The van der Waals surface area contributed by atoms with Gasteiger partial charge in [-0.25, -0.2) is 0 Å². The zero-order valence-corrected chi connectivity index (χ0v) is 10.6. The lowest BCUT2D eigenvalue weighted by Crippen LogP contribution is -2.34. The van der Waals surface area contributed by atoms with Gasteiger partial charge in [-0.15, -0.1) is 0 Å². The highest BCUT2D eigenvalue weighted by atomic mass is 16.5. The number of hydrogen-bond acceptors (Lipinski definition) is 4. The lowest BCUT2D eigenvalue weighted by Gasteiger charge is -2.12. The van der Waals surface area contributed by atoms with Crippen LogP contribution in [0.15, 0.2) is 30.3 Å². The summed E-state index contributed by atoms with van der Waals surface area (Å²) in [6.07, 6.45) is 0.0539. The predicted octanol–water partition coefficient (Wildman–Crippen LogP) is 0.545. The first kappa shape index (κ1) is 14.5. The van der Waals surface area contributed by atoms with Crippen LogP contribution in [-0.4, -0.2) is 38.8 Å². The normalized spacial score (nSPS) is 11.9. The maximum Gasteiger partial charge on any atom is 0.222 e. The lowest BCUT2D eigenvalue weighted by atomic mass is 10.2. The Labute approximate surface area is 107 Å². The molecule has 1 aromatic carbocycles. The first-order valence-corrected chi connectivity index (χ1v) is 5.93. The number of amides is 1. The van der Waals surface area contributed by atoms with E-state index in [0.717, 1.165) is 5.75 Å². The minimum atomic E-state index is -0.222. The molecular formula is C13H20N2O3. The SMILES string of the molecule is COC(CN)CC(=O)NCCOc1ccccc1. The van der Waals surface area contributed by atoms with E-state index in [4.69, 9.17) is 15.2 Å². The van der Waals surface area contributed by atoms with E-state index in [1.807, 2.05) is 30.3 Å². The molecule has 0 aliphatic heterocycles. The molecule has 0 fully saturated rings. The maximum atomic E-state index is 11.5. The van der Waals surface area contributed by atoms with E-state index in [-0.39, 0.29) is 18.4 Å². The van der Waals surface area contributed by atoms with Crippen LogP contribution in [0.5, 0.6) is 5.75 Å². The molecular weight excluding hydrogens is 232 g/mol. The average Bonchev–Trinajstić information content (AvgIpc) is 2.42. The molecule has 1 amide bonds. The largest absolute Gasteiger partial charge is 0.492 e. The number of carbonyl (C=O) groups is 1. The molecule has 0 aliphatic carbocycles. The van der Waals surface area contributed by atoms with Crippen molar-refractivity contribution in [1.82, 2.24) is 5.32 Å². The monoisotopic (exact) mass is 252 g/mol. The third-order valence-corrected chi connectivity index (χ3v) is 2.45. The van der Waals surface area contributed by atoms with Crippen LogP contribution in [0.4, 0.5) is 0 Å². The molecule has 1 unspecified atom stereocenters. The molecule has 100 valence electrons. The highest BCUT2D eigenvalue weighted by Crippen LogP contribution is 2.07. The van der Waals surface area contributed by atoms with Crippen molar-refractivity contribution in [1.29, 1.82) is 0 Å². The van der Waals surface area contributed by atoms with Crippen molar-refractivity contribution in [3.63, 3.8) is 0 Å². The van der Waals surface area contributed by atoms with Gasteiger partial charge < -0.3 is 20.5 Å². The molecule has 1 aromatic rings. The number of ether oxygens (including phenoxy) is 2. The van der Waals surface area contributed by atoms with E-state index in [9.17, 15) is 4.79 Å². The zero-order valence-electron chi connectivity index (χ0n) is 10.6. The fourth-order valence-electron chi connectivity index (χ4n) is 1.42. The van der Waals surface area contributed by atoms with Gasteiger partial charge in [0.25, 0.3) is 0 Å². The summed E-state index contributed by atoms with van der Waals surface area (Å²) >= 11 is 0. The highest BCUT2D eigenvalue weighted by Gasteiger charge is 2.10. The summed E-state index contributed by atoms with van der Waals surface area (Å²) in [7, 11) is 1.54. The standard InChI is InChI=1S/C13H20N2O3/c1-17-12(10-14)9-13(16)15-7-8-18-11-5-3-2-4-6-11/h2-6,12H,7-10,14H2,1H3,(H,15,16). The van der Waals surface area contributed by atoms with Crippen molar-refractivity contribution in [2.45, 2.75) is 12.5 Å². The highest BCUT2D eigenvalue weighted by molar-refractivity contribution is 5.76. The summed E-state index contributed by atoms with van der Waals surface area (Å²) in [5, 5.41) is 2.75. The first-order valence-electron chi connectivity index (χ1n) is 5.93. The number of methoxy groups -OCH3 is 1. The van der Waals surface area contributed by atoms with Crippen LogP contribution in [0, 0.1) is 0 Å². The number of para-hydroxylation sites is 1. The fraction of sp³-hybridized carbons (Fsp3) is 0.462. The third-order valence-electron chi connectivity index (χ3n) is 2.45. The molecule has 5 heteroatoms. The van der Waals surface area contributed by atoms with Crippen LogP contribution in [-0.2, 0) is 9.53 Å². The maximum absolute atomic E-state index is 11.5. The van der Waals surface area contributed by atoms with Crippen LogP contribution in [0.1, 0.15) is 6.42 Å². The predicted molar refractivity (Wildman–Crippen MR) is 69.4 cm³/mol. The second kappa shape index (κ2) is 8.49. The summed E-state index contributed by atoms with van der Waals surface area (Å²) in [4.78, 5) is 11.5. The Morgan fingerprint density at radius 3 is 2.72 bits per heavy atom. The molecule has 0 aromatic heterocycles. The number of nitrogens with one attached hydrogen (secondary N) is 1. The summed E-state index contributed by atoms with van der Waals surface area (Å²) in [6, 6.07) is 9.47. The summed E-state index contributed by atoms with van der Waals surface area (Å²) in [6.45, 7) is 1.25. The van der Waals surface area contributed by atoms with Gasteiger partial charge in [0.2, 0.25) is 5.91 Å². The molecule has 0 heterocycles. The molecule has 0 saturated carbocycles. The van der Waals surface area contributed by atoms with Crippen molar-refractivity contribution < 1.29 is 14.3 Å². The van der Waals surface area contributed by atoms with Gasteiger partial charge in [-0.05, 0) is 12.1 Å². The number of carbonyl (C=O) groups excluding carboxylic acids is 1. The van der Waals surface area contributed by atoms with Crippen molar-refractivity contribution in [3.8, 4) is 5.75 Å². The smallest absolute Gasteiger partial charge is 0.222 e. The van der Waals surface area contributed by atoms with Crippen LogP contribution in [0.2, 0.25) is 0 Å². The second-order valence-electron chi connectivity index (χ2n) is 3.81. The Kier molecular flexibility index (Phi) is 6.83. The molecule has 1 rings (SSSR count). The van der Waals surface area contributed by atoms with Crippen LogP contribution < -0.4 is 15.8 Å². The van der Waals surface area contributed by atoms with Gasteiger partial charge in [-0.3, -0.25) is 4.79 Å². The molecule has 0 saturated heterocycles.